The molecule has 100 valence electrons. The van der Waals surface area contributed by atoms with E-state index in [1.807, 2.05) is 13.0 Å². The number of aliphatic hydroxyl groups excluding tert-OH is 1. The molecule has 0 spiro atoms. The van der Waals surface area contributed by atoms with Gasteiger partial charge in [-0.05, 0) is 47.9 Å². The van der Waals surface area contributed by atoms with Gasteiger partial charge in [-0.1, -0.05) is 39.7 Å². The van der Waals surface area contributed by atoms with Gasteiger partial charge in [0.25, 0.3) is 0 Å². The predicted molar refractivity (Wildman–Crippen MR) is 79.0 cm³/mol. The molecule has 0 amide bonds. The van der Waals surface area contributed by atoms with Crippen molar-refractivity contribution in [3.63, 3.8) is 0 Å². The normalized spacial score (nSPS) is 12.5. The number of hydrogen-bond donors (Lipinski definition) is 1. The number of benzene rings is 2. The smallest absolute Gasteiger partial charge is 0.126 e. The molecule has 2 rings (SSSR count). The quantitative estimate of drug-likeness (QED) is 0.846. The van der Waals surface area contributed by atoms with E-state index in [4.69, 9.17) is 11.6 Å². The van der Waals surface area contributed by atoms with Gasteiger partial charge in [-0.15, -0.1) is 0 Å². The van der Waals surface area contributed by atoms with Crippen LogP contribution in [0.5, 0.6) is 0 Å². The van der Waals surface area contributed by atoms with Crippen molar-refractivity contribution in [3.05, 3.63) is 68.4 Å². The fourth-order valence-corrected chi connectivity index (χ4v) is 2.43. The van der Waals surface area contributed by atoms with Crippen LogP contribution in [0.2, 0.25) is 5.02 Å². The maximum Gasteiger partial charge on any atom is 0.126 e. The number of aliphatic hydroxyl groups is 1. The third kappa shape index (κ3) is 3.56. The molecule has 0 bridgehead atoms. The molecule has 19 heavy (non-hydrogen) atoms. The molecule has 1 atom stereocenters. The van der Waals surface area contributed by atoms with Gasteiger partial charge in [-0.2, -0.15) is 0 Å². The fourth-order valence-electron chi connectivity index (χ4n) is 1.90. The van der Waals surface area contributed by atoms with E-state index in [1.54, 1.807) is 24.3 Å². The van der Waals surface area contributed by atoms with E-state index in [-0.39, 0.29) is 12.2 Å². The highest BCUT2D eigenvalue weighted by molar-refractivity contribution is 9.10. The van der Waals surface area contributed by atoms with Crippen LogP contribution in [-0.2, 0) is 6.42 Å². The Hall–Kier alpha value is -0.900. The molecule has 0 aliphatic carbocycles. The first-order valence-electron chi connectivity index (χ1n) is 5.85. The lowest BCUT2D eigenvalue weighted by atomic mass is 10.00. The average molecular weight is 344 g/mol. The van der Waals surface area contributed by atoms with E-state index in [0.29, 0.717) is 10.6 Å². The standard InChI is InChI=1S/C15H13BrClFO/c1-9-6-10(2-4-13(9)17)15(19)8-11-7-12(16)3-5-14(11)18/h2-7,15,19H,8H2,1H3. The molecule has 1 unspecified atom stereocenters. The highest BCUT2D eigenvalue weighted by atomic mass is 79.9. The minimum absolute atomic E-state index is 0.229. The van der Waals surface area contributed by atoms with Crippen molar-refractivity contribution in [1.29, 1.82) is 0 Å². The average Bonchev–Trinajstić information content (AvgIpc) is 2.37. The Morgan fingerprint density at radius 2 is 2.00 bits per heavy atom. The summed E-state index contributed by atoms with van der Waals surface area (Å²) >= 11 is 9.24. The van der Waals surface area contributed by atoms with Crippen molar-refractivity contribution >= 4 is 27.5 Å². The Kier molecular flexibility index (Phi) is 4.61. The van der Waals surface area contributed by atoms with Crippen LogP contribution >= 0.6 is 27.5 Å². The second-order valence-electron chi connectivity index (χ2n) is 4.46. The first-order valence-corrected chi connectivity index (χ1v) is 7.02. The monoisotopic (exact) mass is 342 g/mol. The minimum Gasteiger partial charge on any atom is -0.388 e. The summed E-state index contributed by atoms with van der Waals surface area (Å²) in [4.78, 5) is 0. The fraction of sp³-hybridized carbons (Fsp3) is 0.200. The van der Waals surface area contributed by atoms with Crippen molar-refractivity contribution < 1.29 is 9.50 Å². The zero-order valence-electron chi connectivity index (χ0n) is 10.3. The second kappa shape index (κ2) is 6.04. The van der Waals surface area contributed by atoms with E-state index in [2.05, 4.69) is 15.9 Å². The van der Waals surface area contributed by atoms with Crippen LogP contribution in [0, 0.1) is 12.7 Å². The van der Waals surface area contributed by atoms with Gasteiger partial charge in [0.1, 0.15) is 5.82 Å². The molecule has 1 nitrogen and oxygen atoms in total. The summed E-state index contributed by atoms with van der Waals surface area (Å²) in [5, 5.41) is 10.8. The zero-order chi connectivity index (χ0) is 14.0. The van der Waals surface area contributed by atoms with Crippen molar-refractivity contribution in [2.45, 2.75) is 19.4 Å². The number of rotatable bonds is 3. The van der Waals surface area contributed by atoms with E-state index < -0.39 is 6.10 Å². The molecule has 0 aliphatic rings. The molecule has 2 aromatic carbocycles. The molecule has 0 radical (unpaired) electrons. The first-order chi connectivity index (χ1) is 8.97. The van der Waals surface area contributed by atoms with Crippen LogP contribution in [0.25, 0.3) is 0 Å². The van der Waals surface area contributed by atoms with Crippen LogP contribution in [0.1, 0.15) is 22.8 Å². The van der Waals surface area contributed by atoms with Gasteiger partial charge >= 0.3 is 0 Å². The minimum atomic E-state index is -0.750. The summed E-state index contributed by atoms with van der Waals surface area (Å²) in [5.41, 5.74) is 2.11. The van der Waals surface area contributed by atoms with Gasteiger partial charge in [0.2, 0.25) is 0 Å². The Balaban J connectivity index is 2.22. The predicted octanol–water partition coefficient (Wildman–Crippen LogP) is 4.83. The Labute approximate surface area is 125 Å². The van der Waals surface area contributed by atoms with Gasteiger partial charge < -0.3 is 5.11 Å². The molecule has 0 aromatic heterocycles. The molecular weight excluding hydrogens is 331 g/mol. The van der Waals surface area contributed by atoms with Gasteiger partial charge in [0.05, 0.1) is 6.10 Å². The zero-order valence-corrected chi connectivity index (χ0v) is 12.7. The summed E-state index contributed by atoms with van der Waals surface area (Å²) in [6.07, 6.45) is -0.522. The Morgan fingerprint density at radius 3 is 2.68 bits per heavy atom. The largest absolute Gasteiger partial charge is 0.388 e. The highest BCUT2D eigenvalue weighted by Crippen LogP contribution is 2.25. The second-order valence-corrected chi connectivity index (χ2v) is 5.79. The summed E-state index contributed by atoms with van der Waals surface area (Å²) < 4.78 is 14.4. The van der Waals surface area contributed by atoms with E-state index in [1.165, 1.54) is 6.07 Å². The Morgan fingerprint density at radius 1 is 1.26 bits per heavy atom. The SMILES string of the molecule is Cc1cc(C(O)Cc2cc(Br)ccc2F)ccc1Cl. The lowest BCUT2D eigenvalue weighted by molar-refractivity contribution is 0.177. The molecule has 0 saturated carbocycles. The van der Waals surface area contributed by atoms with Crippen LogP contribution < -0.4 is 0 Å². The van der Waals surface area contributed by atoms with Gasteiger partial charge in [0.15, 0.2) is 0 Å². The molecule has 1 N–H and O–H groups in total. The topological polar surface area (TPSA) is 20.2 Å². The van der Waals surface area contributed by atoms with Crippen LogP contribution in [-0.4, -0.2) is 5.11 Å². The number of hydrogen-bond acceptors (Lipinski definition) is 1. The van der Waals surface area contributed by atoms with Gasteiger partial charge in [-0.3, -0.25) is 0 Å². The summed E-state index contributed by atoms with van der Waals surface area (Å²) in [6.45, 7) is 1.87. The molecule has 4 heteroatoms. The summed E-state index contributed by atoms with van der Waals surface area (Å²) in [6, 6.07) is 10.0. The number of aryl methyl sites for hydroxylation is 1. The summed E-state index contributed by atoms with van der Waals surface area (Å²) in [5.74, 6) is -0.312. The Bertz CT molecular complexity index is 601. The lowest BCUT2D eigenvalue weighted by Gasteiger charge is -2.13. The van der Waals surface area contributed by atoms with Gasteiger partial charge in [0, 0.05) is 15.9 Å². The molecule has 0 saturated heterocycles. The first kappa shape index (κ1) is 14.5. The molecule has 0 heterocycles. The van der Waals surface area contributed by atoms with Crippen LogP contribution in [0.4, 0.5) is 4.39 Å². The van der Waals surface area contributed by atoms with Crippen LogP contribution in [0.3, 0.4) is 0 Å². The highest BCUT2D eigenvalue weighted by Gasteiger charge is 2.13. The molecule has 0 aliphatic heterocycles. The van der Waals surface area contributed by atoms with Crippen molar-refractivity contribution in [2.75, 3.05) is 0 Å². The molecular formula is C15H13BrClFO. The van der Waals surface area contributed by atoms with Crippen molar-refractivity contribution in [3.8, 4) is 0 Å². The number of halogens is 3. The van der Waals surface area contributed by atoms with E-state index in [9.17, 15) is 9.50 Å². The van der Waals surface area contributed by atoms with E-state index in [0.717, 1.165) is 15.6 Å². The maximum absolute atomic E-state index is 13.6. The van der Waals surface area contributed by atoms with Gasteiger partial charge in [-0.25, -0.2) is 4.39 Å². The lowest BCUT2D eigenvalue weighted by Crippen LogP contribution is -2.04. The third-order valence-electron chi connectivity index (χ3n) is 2.99. The molecule has 0 fully saturated rings. The van der Waals surface area contributed by atoms with Crippen LogP contribution in [0.15, 0.2) is 40.9 Å². The van der Waals surface area contributed by atoms with Crippen molar-refractivity contribution in [1.82, 2.24) is 0 Å². The molecule has 2 aromatic rings. The summed E-state index contributed by atoms with van der Waals surface area (Å²) in [7, 11) is 0. The van der Waals surface area contributed by atoms with E-state index >= 15 is 0 Å². The maximum atomic E-state index is 13.6. The van der Waals surface area contributed by atoms with Crippen molar-refractivity contribution in [2.24, 2.45) is 0 Å². The third-order valence-corrected chi connectivity index (χ3v) is 3.91.